The lowest BCUT2D eigenvalue weighted by atomic mass is 10.1. The topological polar surface area (TPSA) is 80.6 Å². The predicted molar refractivity (Wildman–Crippen MR) is 87.6 cm³/mol. The maximum Gasteiger partial charge on any atom is 0.261 e. The lowest BCUT2D eigenvalue weighted by Gasteiger charge is -2.13. The number of benzene rings is 1. The molecule has 0 spiro atoms. The maximum absolute atomic E-state index is 12.0. The molecule has 0 aliphatic rings. The van der Waals surface area contributed by atoms with Gasteiger partial charge in [0.1, 0.15) is 11.6 Å². The minimum Gasteiger partial charge on any atom is -0.493 e. The van der Waals surface area contributed by atoms with E-state index in [1.807, 2.05) is 13.0 Å². The fourth-order valence-corrected chi connectivity index (χ4v) is 1.97. The van der Waals surface area contributed by atoms with E-state index in [9.17, 15) is 10.1 Å². The Morgan fingerprint density at radius 1 is 1.22 bits per heavy atom. The largest absolute Gasteiger partial charge is 0.493 e. The molecule has 0 aliphatic heterocycles. The number of ether oxygens (including phenoxy) is 3. The van der Waals surface area contributed by atoms with Crippen molar-refractivity contribution in [2.45, 2.75) is 19.8 Å². The number of amides is 1. The molecule has 0 unspecified atom stereocenters. The Kier molecular flexibility index (Phi) is 7.48. The zero-order valence-electron chi connectivity index (χ0n) is 13.9. The minimum absolute atomic E-state index is 0.0235. The van der Waals surface area contributed by atoms with E-state index in [2.05, 4.69) is 5.32 Å². The van der Waals surface area contributed by atoms with Crippen LogP contribution in [0.2, 0.25) is 0 Å². The first-order chi connectivity index (χ1) is 11.1. The molecule has 0 aromatic heterocycles. The SMILES string of the molecule is CCCCNC(=O)C(C#N)=Cc1cc(OC)c(OC)c(OC)c1. The smallest absolute Gasteiger partial charge is 0.261 e. The van der Waals surface area contributed by atoms with Gasteiger partial charge < -0.3 is 19.5 Å². The van der Waals surface area contributed by atoms with Gasteiger partial charge in [-0.2, -0.15) is 5.26 Å². The molecule has 1 N–H and O–H groups in total. The number of carbonyl (C=O) groups excluding carboxylic acids is 1. The van der Waals surface area contributed by atoms with Crippen molar-refractivity contribution in [1.29, 1.82) is 5.26 Å². The van der Waals surface area contributed by atoms with E-state index in [1.165, 1.54) is 27.4 Å². The summed E-state index contributed by atoms with van der Waals surface area (Å²) in [6.07, 6.45) is 3.33. The molecule has 1 aromatic rings. The fraction of sp³-hybridized carbons (Fsp3) is 0.412. The number of nitrogens with zero attached hydrogens (tertiary/aromatic N) is 1. The van der Waals surface area contributed by atoms with Gasteiger partial charge in [-0.25, -0.2) is 0 Å². The highest BCUT2D eigenvalue weighted by Gasteiger charge is 2.14. The molecule has 0 bridgehead atoms. The van der Waals surface area contributed by atoms with Gasteiger partial charge in [0.25, 0.3) is 5.91 Å². The van der Waals surface area contributed by atoms with Crippen molar-refractivity contribution in [2.75, 3.05) is 27.9 Å². The van der Waals surface area contributed by atoms with Crippen molar-refractivity contribution in [2.24, 2.45) is 0 Å². The first-order valence-corrected chi connectivity index (χ1v) is 7.31. The molecule has 0 saturated heterocycles. The van der Waals surface area contributed by atoms with Crippen LogP contribution in [0.1, 0.15) is 25.3 Å². The number of unbranched alkanes of at least 4 members (excludes halogenated alkanes) is 1. The second kappa shape index (κ2) is 9.36. The molecule has 0 atom stereocenters. The summed E-state index contributed by atoms with van der Waals surface area (Å²) in [5.41, 5.74) is 0.636. The predicted octanol–water partition coefficient (Wildman–Crippen LogP) is 2.54. The van der Waals surface area contributed by atoms with Gasteiger partial charge in [0.05, 0.1) is 21.3 Å². The molecule has 124 valence electrons. The Morgan fingerprint density at radius 2 is 1.83 bits per heavy atom. The van der Waals surface area contributed by atoms with Crippen LogP contribution in [-0.4, -0.2) is 33.8 Å². The third kappa shape index (κ3) is 4.92. The lowest BCUT2D eigenvalue weighted by Crippen LogP contribution is -2.25. The molecule has 0 aliphatic carbocycles. The number of nitriles is 1. The van der Waals surface area contributed by atoms with E-state index in [4.69, 9.17) is 14.2 Å². The molecule has 1 rings (SSSR count). The molecule has 0 saturated carbocycles. The van der Waals surface area contributed by atoms with Gasteiger partial charge in [0.15, 0.2) is 11.5 Å². The summed E-state index contributed by atoms with van der Waals surface area (Å²) >= 11 is 0. The van der Waals surface area contributed by atoms with Crippen LogP contribution in [0, 0.1) is 11.3 Å². The van der Waals surface area contributed by atoms with Crippen LogP contribution < -0.4 is 19.5 Å². The van der Waals surface area contributed by atoms with Crippen molar-refractivity contribution in [3.8, 4) is 23.3 Å². The van der Waals surface area contributed by atoms with Gasteiger partial charge >= 0.3 is 0 Å². The van der Waals surface area contributed by atoms with Crippen LogP contribution >= 0.6 is 0 Å². The Bertz CT molecular complexity index is 593. The zero-order valence-corrected chi connectivity index (χ0v) is 13.9. The van der Waals surface area contributed by atoms with E-state index in [0.29, 0.717) is 29.4 Å². The van der Waals surface area contributed by atoms with Crippen LogP contribution in [0.3, 0.4) is 0 Å². The fourth-order valence-electron chi connectivity index (χ4n) is 1.97. The number of hydrogen-bond donors (Lipinski definition) is 1. The third-order valence-corrected chi connectivity index (χ3v) is 3.18. The van der Waals surface area contributed by atoms with Crippen molar-refractivity contribution in [3.63, 3.8) is 0 Å². The van der Waals surface area contributed by atoms with Crippen LogP contribution in [0.5, 0.6) is 17.2 Å². The van der Waals surface area contributed by atoms with Gasteiger partial charge in [-0.05, 0) is 30.2 Å². The van der Waals surface area contributed by atoms with E-state index in [1.54, 1.807) is 12.1 Å². The van der Waals surface area contributed by atoms with Crippen molar-refractivity contribution < 1.29 is 19.0 Å². The summed E-state index contributed by atoms with van der Waals surface area (Å²) in [5, 5.41) is 11.9. The van der Waals surface area contributed by atoms with Gasteiger partial charge in [0, 0.05) is 6.54 Å². The molecule has 0 radical (unpaired) electrons. The summed E-state index contributed by atoms with van der Waals surface area (Å²) < 4.78 is 15.8. The average Bonchev–Trinajstić information content (AvgIpc) is 2.58. The summed E-state index contributed by atoms with van der Waals surface area (Å²) in [6, 6.07) is 5.27. The quantitative estimate of drug-likeness (QED) is 0.452. The molecule has 23 heavy (non-hydrogen) atoms. The van der Waals surface area contributed by atoms with Gasteiger partial charge in [-0.1, -0.05) is 13.3 Å². The standard InChI is InChI=1S/C17H22N2O4/c1-5-6-7-19-17(20)13(11-18)8-12-9-14(21-2)16(23-4)15(10-12)22-3/h8-10H,5-7H2,1-4H3,(H,19,20). The van der Waals surface area contributed by atoms with E-state index < -0.39 is 5.91 Å². The van der Waals surface area contributed by atoms with Crippen molar-refractivity contribution in [3.05, 3.63) is 23.3 Å². The molecule has 6 nitrogen and oxygen atoms in total. The number of carbonyl (C=O) groups is 1. The lowest BCUT2D eigenvalue weighted by molar-refractivity contribution is -0.117. The summed E-state index contributed by atoms with van der Waals surface area (Å²) in [5.74, 6) is 0.983. The summed E-state index contributed by atoms with van der Waals surface area (Å²) in [7, 11) is 4.53. The molecule has 0 fully saturated rings. The maximum atomic E-state index is 12.0. The highest BCUT2D eigenvalue weighted by Crippen LogP contribution is 2.38. The molecular formula is C17H22N2O4. The number of nitrogens with one attached hydrogen (secondary N) is 1. The molecular weight excluding hydrogens is 296 g/mol. The Morgan fingerprint density at radius 3 is 2.26 bits per heavy atom. The van der Waals surface area contributed by atoms with Gasteiger partial charge in [-0.15, -0.1) is 0 Å². The third-order valence-electron chi connectivity index (χ3n) is 3.18. The average molecular weight is 318 g/mol. The number of methoxy groups -OCH3 is 3. The van der Waals surface area contributed by atoms with E-state index in [0.717, 1.165) is 12.8 Å². The molecule has 0 heterocycles. The number of hydrogen-bond acceptors (Lipinski definition) is 5. The van der Waals surface area contributed by atoms with Crippen molar-refractivity contribution in [1.82, 2.24) is 5.32 Å². The Balaban J connectivity index is 3.13. The monoisotopic (exact) mass is 318 g/mol. The molecule has 1 amide bonds. The van der Waals surface area contributed by atoms with Crippen LogP contribution in [0.15, 0.2) is 17.7 Å². The normalized spacial score (nSPS) is 10.7. The Labute approximate surface area is 136 Å². The second-order valence-corrected chi connectivity index (χ2v) is 4.74. The minimum atomic E-state index is -0.394. The highest BCUT2D eigenvalue weighted by atomic mass is 16.5. The highest BCUT2D eigenvalue weighted by molar-refractivity contribution is 6.01. The summed E-state index contributed by atoms with van der Waals surface area (Å²) in [6.45, 7) is 2.58. The zero-order chi connectivity index (χ0) is 17.2. The van der Waals surface area contributed by atoms with Crippen LogP contribution in [-0.2, 0) is 4.79 Å². The van der Waals surface area contributed by atoms with Crippen molar-refractivity contribution >= 4 is 12.0 Å². The van der Waals surface area contributed by atoms with Crippen LogP contribution in [0.4, 0.5) is 0 Å². The van der Waals surface area contributed by atoms with E-state index in [-0.39, 0.29) is 5.57 Å². The van der Waals surface area contributed by atoms with Gasteiger partial charge in [0.2, 0.25) is 5.75 Å². The molecule has 1 aromatic carbocycles. The Hall–Kier alpha value is -2.68. The van der Waals surface area contributed by atoms with Gasteiger partial charge in [-0.3, -0.25) is 4.79 Å². The first-order valence-electron chi connectivity index (χ1n) is 7.31. The molecule has 6 heteroatoms. The number of rotatable bonds is 8. The summed E-state index contributed by atoms with van der Waals surface area (Å²) in [4.78, 5) is 12.0. The second-order valence-electron chi connectivity index (χ2n) is 4.74. The first kappa shape index (κ1) is 18.4. The van der Waals surface area contributed by atoms with Crippen LogP contribution in [0.25, 0.3) is 6.08 Å². The van der Waals surface area contributed by atoms with E-state index >= 15 is 0 Å².